The summed E-state index contributed by atoms with van der Waals surface area (Å²) in [5, 5.41) is 20.4. The molecule has 7 N–H and O–H groups in total. The van der Waals surface area contributed by atoms with E-state index in [1.54, 1.807) is 0 Å². The second-order valence-electron chi connectivity index (χ2n) is 4.14. The number of hydrogen-bond donors (Lipinski definition) is 5. The lowest BCUT2D eigenvalue weighted by molar-refractivity contribution is -0.137. The Kier molecular flexibility index (Phi) is 4.08. The van der Waals surface area contributed by atoms with Crippen molar-refractivity contribution < 1.29 is 19.8 Å². The standard InChI is InChI=1S/C10H17N3O4/c11-4-7-6(3-9(16)17)10(12,5-13-7)2-1-8(14)15/h13H,1-5,11-12H2,(H,14,15)(H,16,17)/t10-/m0/s1. The quantitative estimate of drug-likeness (QED) is 0.396. The zero-order valence-electron chi connectivity index (χ0n) is 9.40. The zero-order valence-corrected chi connectivity index (χ0v) is 9.40. The van der Waals surface area contributed by atoms with Crippen molar-refractivity contribution in [2.45, 2.75) is 24.8 Å². The number of carboxylic acid groups (broad SMARTS) is 2. The molecule has 1 rings (SSSR count). The fourth-order valence-electron chi connectivity index (χ4n) is 1.98. The van der Waals surface area contributed by atoms with Gasteiger partial charge in [0.1, 0.15) is 0 Å². The summed E-state index contributed by atoms with van der Waals surface area (Å²) in [5.74, 6) is -1.95. The Labute approximate surface area is 98.5 Å². The molecule has 1 heterocycles. The van der Waals surface area contributed by atoms with Crippen LogP contribution in [0.4, 0.5) is 0 Å². The highest BCUT2D eigenvalue weighted by molar-refractivity contribution is 5.72. The van der Waals surface area contributed by atoms with E-state index in [0.29, 0.717) is 17.8 Å². The molecule has 0 radical (unpaired) electrons. The number of rotatable bonds is 6. The third-order valence-electron chi connectivity index (χ3n) is 2.90. The van der Waals surface area contributed by atoms with Crippen LogP contribution in [0.25, 0.3) is 0 Å². The highest BCUT2D eigenvalue weighted by Crippen LogP contribution is 2.29. The van der Waals surface area contributed by atoms with E-state index < -0.39 is 17.5 Å². The monoisotopic (exact) mass is 243 g/mol. The maximum Gasteiger partial charge on any atom is 0.307 e. The third kappa shape index (κ3) is 3.18. The van der Waals surface area contributed by atoms with Crippen LogP contribution in [-0.4, -0.2) is 40.8 Å². The Balaban J connectivity index is 2.87. The van der Waals surface area contributed by atoms with Crippen molar-refractivity contribution in [1.82, 2.24) is 5.32 Å². The minimum absolute atomic E-state index is 0.0981. The fourth-order valence-corrected chi connectivity index (χ4v) is 1.98. The molecule has 0 aliphatic carbocycles. The van der Waals surface area contributed by atoms with Gasteiger partial charge >= 0.3 is 11.9 Å². The molecule has 96 valence electrons. The Bertz CT molecular complexity index is 367. The molecule has 0 saturated carbocycles. The lowest BCUT2D eigenvalue weighted by atomic mass is 9.85. The minimum atomic E-state index is -1.00. The van der Waals surface area contributed by atoms with Gasteiger partial charge in [-0.25, -0.2) is 0 Å². The Morgan fingerprint density at radius 2 is 2.00 bits per heavy atom. The van der Waals surface area contributed by atoms with Gasteiger partial charge in [0, 0.05) is 25.2 Å². The molecule has 0 aromatic rings. The molecule has 1 atom stereocenters. The molecule has 0 unspecified atom stereocenters. The van der Waals surface area contributed by atoms with Crippen molar-refractivity contribution in [3.63, 3.8) is 0 Å². The van der Waals surface area contributed by atoms with Gasteiger partial charge in [0.15, 0.2) is 0 Å². The number of aliphatic carboxylic acids is 2. The largest absolute Gasteiger partial charge is 0.481 e. The van der Waals surface area contributed by atoms with E-state index in [-0.39, 0.29) is 25.8 Å². The Hall–Kier alpha value is -1.60. The first kappa shape index (κ1) is 13.5. The van der Waals surface area contributed by atoms with Crippen molar-refractivity contribution in [2.24, 2.45) is 11.5 Å². The van der Waals surface area contributed by atoms with Crippen LogP contribution in [0.3, 0.4) is 0 Å². The summed E-state index contributed by atoms with van der Waals surface area (Å²) in [4.78, 5) is 21.3. The predicted molar refractivity (Wildman–Crippen MR) is 60.1 cm³/mol. The van der Waals surface area contributed by atoms with E-state index in [9.17, 15) is 9.59 Å². The topological polar surface area (TPSA) is 139 Å². The van der Waals surface area contributed by atoms with Crippen molar-refractivity contribution in [3.8, 4) is 0 Å². The van der Waals surface area contributed by atoms with Crippen LogP contribution in [0.2, 0.25) is 0 Å². The van der Waals surface area contributed by atoms with E-state index in [0.717, 1.165) is 0 Å². The molecule has 0 aromatic heterocycles. The summed E-state index contributed by atoms with van der Waals surface area (Å²) >= 11 is 0. The molecule has 1 aliphatic rings. The maximum atomic E-state index is 10.8. The summed E-state index contributed by atoms with van der Waals surface area (Å²) in [6.45, 7) is 0.504. The van der Waals surface area contributed by atoms with E-state index in [2.05, 4.69) is 5.32 Å². The maximum absolute atomic E-state index is 10.8. The number of carbonyl (C=O) groups is 2. The lowest BCUT2D eigenvalue weighted by Crippen LogP contribution is -2.45. The van der Waals surface area contributed by atoms with Gasteiger partial charge in [-0.15, -0.1) is 0 Å². The smallest absolute Gasteiger partial charge is 0.307 e. The van der Waals surface area contributed by atoms with Gasteiger partial charge in [0.25, 0.3) is 0 Å². The average molecular weight is 243 g/mol. The summed E-state index contributed by atoms with van der Waals surface area (Å²) in [7, 11) is 0. The Morgan fingerprint density at radius 1 is 1.35 bits per heavy atom. The summed E-state index contributed by atoms with van der Waals surface area (Å²) in [6.07, 6.45) is -0.115. The van der Waals surface area contributed by atoms with Gasteiger partial charge in [-0.2, -0.15) is 0 Å². The van der Waals surface area contributed by atoms with Crippen LogP contribution in [-0.2, 0) is 9.59 Å². The van der Waals surface area contributed by atoms with Gasteiger partial charge in [0.05, 0.1) is 12.0 Å². The minimum Gasteiger partial charge on any atom is -0.481 e. The van der Waals surface area contributed by atoms with Gasteiger partial charge in [-0.05, 0) is 12.0 Å². The van der Waals surface area contributed by atoms with Crippen LogP contribution in [0.1, 0.15) is 19.3 Å². The molecule has 7 heteroatoms. The number of nitrogens with one attached hydrogen (secondary N) is 1. The predicted octanol–water partition coefficient (Wildman–Crippen LogP) is -1.16. The van der Waals surface area contributed by atoms with Gasteiger partial charge in [0.2, 0.25) is 0 Å². The molecule has 7 nitrogen and oxygen atoms in total. The van der Waals surface area contributed by atoms with E-state index in [1.165, 1.54) is 0 Å². The summed E-state index contributed by atoms with van der Waals surface area (Å²) in [5.41, 5.74) is 11.7. The first-order valence-corrected chi connectivity index (χ1v) is 5.28. The number of nitrogens with two attached hydrogens (primary N) is 2. The van der Waals surface area contributed by atoms with Gasteiger partial charge < -0.3 is 27.0 Å². The van der Waals surface area contributed by atoms with E-state index >= 15 is 0 Å². The Morgan fingerprint density at radius 3 is 2.47 bits per heavy atom. The molecular formula is C10H17N3O4. The molecule has 0 saturated heterocycles. The molecule has 1 aliphatic heterocycles. The zero-order chi connectivity index (χ0) is 13.1. The van der Waals surface area contributed by atoms with Crippen LogP contribution < -0.4 is 16.8 Å². The van der Waals surface area contributed by atoms with Crippen molar-refractivity contribution in [1.29, 1.82) is 0 Å². The second-order valence-corrected chi connectivity index (χ2v) is 4.14. The number of hydrogen-bond acceptors (Lipinski definition) is 5. The van der Waals surface area contributed by atoms with Crippen LogP contribution in [0.15, 0.2) is 11.3 Å². The fraction of sp³-hybridized carbons (Fsp3) is 0.600. The number of carboxylic acids is 2. The van der Waals surface area contributed by atoms with E-state index in [4.69, 9.17) is 21.7 Å². The first-order chi connectivity index (χ1) is 7.89. The molecular weight excluding hydrogens is 226 g/mol. The van der Waals surface area contributed by atoms with Crippen LogP contribution in [0, 0.1) is 0 Å². The SMILES string of the molecule is NCC1=C(CC(=O)O)[C@](N)(CCC(=O)O)CN1. The van der Waals surface area contributed by atoms with Crippen LogP contribution >= 0.6 is 0 Å². The van der Waals surface area contributed by atoms with Crippen LogP contribution in [0.5, 0.6) is 0 Å². The molecule has 0 fully saturated rings. The highest BCUT2D eigenvalue weighted by Gasteiger charge is 2.37. The van der Waals surface area contributed by atoms with E-state index in [1.807, 2.05) is 0 Å². The first-order valence-electron chi connectivity index (χ1n) is 5.28. The summed E-state index contributed by atoms with van der Waals surface area (Å²) < 4.78 is 0. The molecule has 0 bridgehead atoms. The van der Waals surface area contributed by atoms with Gasteiger partial charge in [-0.1, -0.05) is 0 Å². The van der Waals surface area contributed by atoms with Crippen molar-refractivity contribution in [2.75, 3.05) is 13.1 Å². The molecule has 0 amide bonds. The van der Waals surface area contributed by atoms with Crippen molar-refractivity contribution in [3.05, 3.63) is 11.3 Å². The summed E-state index contributed by atoms with van der Waals surface area (Å²) in [6, 6.07) is 0. The molecule has 0 spiro atoms. The second kappa shape index (κ2) is 5.15. The van der Waals surface area contributed by atoms with Gasteiger partial charge in [-0.3, -0.25) is 9.59 Å². The van der Waals surface area contributed by atoms with Crippen molar-refractivity contribution >= 4 is 11.9 Å². The normalized spacial score (nSPS) is 23.6. The average Bonchev–Trinajstić information content (AvgIpc) is 2.54. The highest BCUT2D eigenvalue weighted by atomic mass is 16.4. The molecule has 17 heavy (non-hydrogen) atoms. The third-order valence-corrected chi connectivity index (χ3v) is 2.90. The lowest BCUT2D eigenvalue weighted by Gasteiger charge is -2.25. The molecule has 0 aromatic carbocycles.